The third-order valence-corrected chi connectivity index (χ3v) is 1.70. The van der Waals surface area contributed by atoms with E-state index in [2.05, 4.69) is 19.0 Å². The summed E-state index contributed by atoms with van der Waals surface area (Å²) in [6.07, 6.45) is 1.90. The van der Waals surface area contributed by atoms with Gasteiger partial charge in [-0.1, -0.05) is 32.9 Å². The van der Waals surface area contributed by atoms with Gasteiger partial charge < -0.3 is 10.6 Å². The number of amidine groups is 1. The standard InChI is InChI=1S/C10H20N2O/c1-6-9(7(2)3)13-12-10(11)8(4)5/h6-8H,1-5H3,(H2,11,12)/b9-6-. The van der Waals surface area contributed by atoms with E-state index in [1.165, 1.54) is 0 Å². The topological polar surface area (TPSA) is 47.6 Å². The third-order valence-electron chi connectivity index (χ3n) is 1.70. The van der Waals surface area contributed by atoms with Gasteiger partial charge in [0, 0.05) is 11.8 Å². The van der Waals surface area contributed by atoms with Crippen LogP contribution in [0, 0.1) is 11.8 Å². The van der Waals surface area contributed by atoms with E-state index in [0.29, 0.717) is 11.8 Å². The van der Waals surface area contributed by atoms with Crippen LogP contribution in [-0.4, -0.2) is 5.84 Å². The summed E-state index contributed by atoms with van der Waals surface area (Å²) in [4.78, 5) is 5.20. The van der Waals surface area contributed by atoms with Crippen LogP contribution in [0.1, 0.15) is 34.6 Å². The van der Waals surface area contributed by atoms with Crippen LogP contribution < -0.4 is 5.73 Å². The fraction of sp³-hybridized carbons (Fsp3) is 0.700. The number of oxime groups is 1. The minimum Gasteiger partial charge on any atom is -0.384 e. The number of hydrogen-bond acceptors (Lipinski definition) is 2. The van der Waals surface area contributed by atoms with Crippen LogP contribution in [0.25, 0.3) is 0 Å². The maximum absolute atomic E-state index is 5.62. The molecule has 0 radical (unpaired) electrons. The first-order valence-electron chi connectivity index (χ1n) is 4.65. The smallest absolute Gasteiger partial charge is 0.142 e. The lowest BCUT2D eigenvalue weighted by Crippen LogP contribution is -2.19. The van der Waals surface area contributed by atoms with Gasteiger partial charge in [-0.25, -0.2) is 0 Å². The summed E-state index contributed by atoms with van der Waals surface area (Å²) in [5.41, 5.74) is 5.62. The molecule has 0 aromatic rings. The molecule has 13 heavy (non-hydrogen) atoms. The Balaban J connectivity index is 4.21. The Bertz CT molecular complexity index is 205. The van der Waals surface area contributed by atoms with Crippen LogP contribution in [0.5, 0.6) is 0 Å². The Hall–Kier alpha value is -0.990. The first-order chi connectivity index (χ1) is 5.99. The molecule has 3 heteroatoms. The van der Waals surface area contributed by atoms with Gasteiger partial charge in [0.15, 0.2) is 0 Å². The molecular weight excluding hydrogens is 164 g/mol. The summed E-state index contributed by atoms with van der Waals surface area (Å²) >= 11 is 0. The Labute approximate surface area is 80.6 Å². The molecule has 0 aliphatic carbocycles. The van der Waals surface area contributed by atoms with Crippen molar-refractivity contribution in [1.82, 2.24) is 0 Å². The summed E-state index contributed by atoms with van der Waals surface area (Å²) in [6.45, 7) is 9.99. The molecule has 0 aromatic heterocycles. The highest BCUT2D eigenvalue weighted by Gasteiger charge is 2.04. The van der Waals surface area contributed by atoms with Gasteiger partial charge in [0.2, 0.25) is 0 Å². The van der Waals surface area contributed by atoms with Gasteiger partial charge >= 0.3 is 0 Å². The van der Waals surface area contributed by atoms with Gasteiger partial charge in [0.1, 0.15) is 11.6 Å². The monoisotopic (exact) mass is 184 g/mol. The fourth-order valence-corrected chi connectivity index (χ4v) is 0.702. The molecule has 2 N–H and O–H groups in total. The van der Waals surface area contributed by atoms with Crippen LogP contribution in [0.15, 0.2) is 17.0 Å². The van der Waals surface area contributed by atoms with E-state index < -0.39 is 0 Å². The summed E-state index contributed by atoms with van der Waals surface area (Å²) in [5, 5.41) is 3.84. The summed E-state index contributed by atoms with van der Waals surface area (Å²) in [7, 11) is 0. The van der Waals surface area contributed by atoms with Crippen LogP contribution >= 0.6 is 0 Å². The Morgan fingerprint density at radius 3 is 2.08 bits per heavy atom. The van der Waals surface area contributed by atoms with Crippen molar-refractivity contribution in [2.75, 3.05) is 0 Å². The van der Waals surface area contributed by atoms with Crippen LogP contribution in [0.3, 0.4) is 0 Å². The van der Waals surface area contributed by atoms with Crippen LogP contribution in [0.2, 0.25) is 0 Å². The zero-order chi connectivity index (χ0) is 10.4. The third kappa shape index (κ3) is 4.55. The molecule has 0 fully saturated rings. The molecule has 0 saturated carbocycles. The number of allylic oxidation sites excluding steroid dienone is 2. The molecule has 0 atom stereocenters. The molecule has 76 valence electrons. The number of hydrogen-bond donors (Lipinski definition) is 1. The molecule has 0 aromatic carbocycles. The van der Waals surface area contributed by atoms with Crippen LogP contribution in [0.4, 0.5) is 0 Å². The summed E-state index contributed by atoms with van der Waals surface area (Å²) < 4.78 is 0. The predicted molar refractivity (Wildman–Crippen MR) is 56.1 cm³/mol. The molecule has 0 bridgehead atoms. The van der Waals surface area contributed by atoms with Gasteiger partial charge in [0.25, 0.3) is 0 Å². The normalized spacial score (nSPS) is 14.1. The SMILES string of the molecule is C/C=C(\O/N=C(\N)C(C)C)C(C)C. The minimum absolute atomic E-state index is 0.227. The number of nitrogens with two attached hydrogens (primary N) is 1. The van der Waals surface area contributed by atoms with E-state index in [1.54, 1.807) is 0 Å². The summed E-state index contributed by atoms with van der Waals surface area (Å²) in [5.74, 6) is 1.95. The highest BCUT2D eigenvalue weighted by atomic mass is 16.6. The Morgan fingerprint density at radius 2 is 1.77 bits per heavy atom. The zero-order valence-corrected chi connectivity index (χ0v) is 9.16. The van der Waals surface area contributed by atoms with Crippen molar-refractivity contribution in [2.24, 2.45) is 22.7 Å². The van der Waals surface area contributed by atoms with E-state index in [4.69, 9.17) is 10.6 Å². The first kappa shape index (κ1) is 12.0. The highest BCUT2D eigenvalue weighted by Crippen LogP contribution is 2.11. The van der Waals surface area contributed by atoms with Crippen molar-refractivity contribution in [3.63, 3.8) is 0 Å². The maximum atomic E-state index is 5.62. The molecule has 0 rings (SSSR count). The van der Waals surface area contributed by atoms with Crippen molar-refractivity contribution < 1.29 is 4.84 Å². The largest absolute Gasteiger partial charge is 0.384 e. The first-order valence-corrected chi connectivity index (χ1v) is 4.65. The lowest BCUT2D eigenvalue weighted by molar-refractivity contribution is 0.195. The van der Waals surface area contributed by atoms with E-state index in [1.807, 2.05) is 26.8 Å². The lowest BCUT2D eigenvalue weighted by atomic mass is 10.2. The van der Waals surface area contributed by atoms with Crippen molar-refractivity contribution in [3.05, 3.63) is 11.8 Å². The quantitative estimate of drug-likeness (QED) is 0.316. The number of rotatable bonds is 4. The number of nitrogens with zero attached hydrogens (tertiary/aromatic N) is 1. The highest BCUT2D eigenvalue weighted by molar-refractivity contribution is 5.81. The van der Waals surface area contributed by atoms with Gasteiger partial charge in [0.05, 0.1) is 0 Å². The van der Waals surface area contributed by atoms with Gasteiger partial charge in [-0.3, -0.25) is 0 Å². The van der Waals surface area contributed by atoms with Crippen molar-refractivity contribution in [2.45, 2.75) is 34.6 Å². The van der Waals surface area contributed by atoms with Gasteiger partial charge in [-0.05, 0) is 13.0 Å². The fourth-order valence-electron chi connectivity index (χ4n) is 0.702. The van der Waals surface area contributed by atoms with E-state index >= 15 is 0 Å². The summed E-state index contributed by atoms with van der Waals surface area (Å²) in [6, 6.07) is 0. The molecular formula is C10H20N2O. The molecule has 0 saturated heterocycles. The predicted octanol–water partition coefficient (Wildman–Crippen LogP) is 2.49. The van der Waals surface area contributed by atoms with Gasteiger partial charge in [-0.2, -0.15) is 0 Å². The minimum atomic E-state index is 0.227. The maximum Gasteiger partial charge on any atom is 0.142 e. The van der Waals surface area contributed by atoms with Gasteiger partial charge in [-0.15, -0.1) is 0 Å². The molecule has 3 nitrogen and oxygen atoms in total. The second-order valence-electron chi connectivity index (χ2n) is 3.61. The molecule has 0 aliphatic heterocycles. The molecule has 0 amide bonds. The lowest BCUT2D eigenvalue weighted by Gasteiger charge is -2.09. The Kier molecular flexibility index (Phi) is 5.19. The van der Waals surface area contributed by atoms with Crippen molar-refractivity contribution >= 4 is 5.84 Å². The second kappa shape index (κ2) is 5.62. The second-order valence-corrected chi connectivity index (χ2v) is 3.61. The Morgan fingerprint density at radius 1 is 1.23 bits per heavy atom. The average Bonchev–Trinajstić information content (AvgIpc) is 2.04. The van der Waals surface area contributed by atoms with E-state index in [-0.39, 0.29) is 5.92 Å². The van der Waals surface area contributed by atoms with E-state index in [0.717, 1.165) is 5.76 Å². The average molecular weight is 184 g/mol. The molecule has 0 heterocycles. The molecule has 0 unspecified atom stereocenters. The zero-order valence-electron chi connectivity index (χ0n) is 9.16. The van der Waals surface area contributed by atoms with E-state index in [9.17, 15) is 0 Å². The van der Waals surface area contributed by atoms with Crippen molar-refractivity contribution in [1.29, 1.82) is 0 Å². The molecule has 0 spiro atoms. The van der Waals surface area contributed by atoms with Crippen LogP contribution in [-0.2, 0) is 4.84 Å². The molecule has 0 aliphatic rings. The van der Waals surface area contributed by atoms with Crippen molar-refractivity contribution in [3.8, 4) is 0 Å².